The molecule has 2 aromatic heterocycles. The molecule has 0 unspecified atom stereocenters. The van der Waals surface area contributed by atoms with Crippen LogP contribution in [0.1, 0.15) is 11.1 Å². The molecular formula is C23H18F2N6O2S. The molecule has 11 heteroatoms. The predicted octanol–water partition coefficient (Wildman–Crippen LogP) is 5.43. The summed E-state index contributed by atoms with van der Waals surface area (Å²) in [6.45, 7) is 0.835. The maximum absolute atomic E-state index is 13.6. The van der Waals surface area contributed by atoms with Crippen molar-refractivity contribution in [1.82, 2.24) is 14.9 Å². The molecule has 0 fully saturated rings. The Morgan fingerprint density at radius 2 is 1.91 bits per heavy atom. The number of benzene rings is 2. The molecule has 34 heavy (non-hydrogen) atoms. The van der Waals surface area contributed by atoms with Crippen molar-refractivity contribution < 1.29 is 18.3 Å². The molecule has 5 rings (SSSR count). The fraction of sp³-hybridized carbons (Fsp3) is 0.174. The van der Waals surface area contributed by atoms with Crippen LogP contribution < -0.4 is 20.1 Å². The summed E-state index contributed by atoms with van der Waals surface area (Å²) in [7, 11) is 4.02. The summed E-state index contributed by atoms with van der Waals surface area (Å²) in [6, 6.07) is 14.6. The first-order valence-corrected chi connectivity index (χ1v) is 11.0. The smallest absolute Gasteiger partial charge is 0.395 e. The second kappa shape index (κ2) is 8.40. The van der Waals surface area contributed by atoms with E-state index in [0.717, 1.165) is 12.2 Å². The molecule has 0 saturated carbocycles. The summed E-state index contributed by atoms with van der Waals surface area (Å²) in [5, 5.41) is 16.5. The lowest BCUT2D eigenvalue weighted by Crippen LogP contribution is -2.26. The summed E-state index contributed by atoms with van der Waals surface area (Å²) in [4.78, 5) is 10.9. The molecule has 1 aliphatic rings. The van der Waals surface area contributed by atoms with E-state index in [1.165, 1.54) is 29.2 Å². The molecule has 0 saturated heterocycles. The Hall–Kier alpha value is -4.01. The highest BCUT2D eigenvalue weighted by atomic mass is 32.1. The van der Waals surface area contributed by atoms with Crippen LogP contribution >= 0.6 is 11.3 Å². The van der Waals surface area contributed by atoms with E-state index in [0.29, 0.717) is 21.2 Å². The second-order valence-electron chi connectivity index (χ2n) is 7.82. The van der Waals surface area contributed by atoms with E-state index in [2.05, 4.69) is 41.0 Å². The Kier molecular flexibility index (Phi) is 5.39. The number of halogens is 2. The highest BCUT2D eigenvalue weighted by Gasteiger charge is 2.44. The van der Waals surface area contributed by atoms with Crippen LogP contribution in [0.4, 0.5) is 31.0 Å². The third-order valence-corrected chi connectivity index (χ3v) is 5.91. The average Bonchev–Trinajstić information content (AvgIpc) is 3.34. The van der Waals surface area contributed by atoms with Crippen LogP contribution in [0.5, 0.6) is 11.5 Å². The zero-order valence-corrected chi connectivity index (χ0v) is 18.9. The molecular weight excluding hydrogens is 462 g/mol. The van der Waals surface area contributed by atoms with Gasteiger partial charge in [-0.2, -0.15) is 10.2 Å². The molecule has 172 valence electrons. The number of ether oxygens (including phenoxy) is 2. The lowest BCUT2D eigenvalue weighted by Gasteiger charge is -2.11. The van der Waals surface area contributed by atoms with Crippen molar-refractivity contribution in [3.8, 4) is 17.6 Å². The molecule has 2 N–H and O–H groups in total. The number of nitriles is 1. The minimum Gasteiger partial charge on any atom is -0.395 e. The summed E-state index contributed by atoms with van der Waals surface area (Å²) in [6.07, 6.45) is -2.37. The SMILES string of the molecule is CN(C)Cc1ccc(Nc2nc3ncc(C#N)c(Nc4cccc5c4OC(F)(F)O5)c3s2)cc1. The summed E-state index contributed by atoms with van der Waals surface area (Å²) in [5.74, 6) is -0.231. The topological polar surface area (TPSA) is 95.3 Å². The molecule has 1 aliphatic heterocycles. The first kappa shape index (κ1) is 21.8. The van der Waals surface area contributed by atoms with Crippen molar-refractivity contribution in [2.24, 2.45) is 0 Å². The summed E-state index contributed by atoms with van der Waals surface area (Å²) >= 11 is 1.29. The van der Waals surface area contributed by atoms with Crippen molar-refractivity contribution >= 4 is 43.9 Å². The molecule has 0 spiro atoms. The number of hydrogen-bond acceptors (Lipinski definition) is 9. The third kappa shape index (κ3) is 4.28. The van der Waals surface area contributed by atoms with Crippen LogP contribution in [0, 0.1) is 11.3 Å². The van der Waals surface area contributed by atoms with Gasteiger partial charge in [0.05, 0.1) is 16.9 Å². The second-order valence-corrected chi connectivity index (χ2v) is 8.81. The van der Waals surface area contributed by atoms with Gasteiger partial charge in [-0.05, 0) is 43.9 Å². The number of pyridine rings is 1. The first-order chi connectivity index (χ1) is 16.3. The number of aromatic nitrogens is 2. The lowest BCUT2D eigenvalue weighted by atomic mass is 10.2. The van der Waals surface area contributed by atoms with Gasteiger partial charge in [-0.3, -0.25) is 0 Å². The monoisotopic (exact) mass is 480 g/mol. The molecule has 4 aromatic rings. The quantitative estimate of drug-likeness (QED) is 0.377. The maximum atomic E-state index is 13.6. The van der Waals surface area contributed by atoms with Crippen LogP contribution in [-0.4, -0.2) is 35.3 Å². The van der Waals surface area contributed by atoms with Gasteiger partial charge in [-0.25, -0.2) is 4.98 Å². The normalized spacial score (nSPS) is 13.8. The number of hydrogen-bond donors (Lipinski definition) is 2. The lowest BCUT2D eigenvalue weighted by molar-refractivity contribution is -0.286. The third-order valence-electron chi connectivity index (χ3n) is 4.93. The van der Waals surface area contributed by atoms with Crippen LogP contribution in [-0.2, 0) is 6.54 Å². The Balaban J connectivity index is 1.47. The van der Waals surface area contributed by atoms with Crippen molar-refractivity contribution in [1.29, 1.82) is 5.26 Å². The number of fused-ring (bicyclic) bond motifs is 2. The summed E-state index contributed by atoms with van der Waals surface area (Å²) < 4.78 is 37.0. The molecule has 0 radical (unpaired) electrons. The molecule has 0 amide bonds. The summed E-state index contributed by atoms with van der Waals surface area (Å²) in [5.41, 5.74) is 3.31. The van der Waals surface area contributed by atoms with Crippen molar-refractivity contribution in [2.45, 2.75) is 12.8 Å². The van der Waals surface area contributed by atoms with Crippen molar-refractivity contribution in [2.75, 3.05) is 24.7 Å². The molecule has 3 heterocycles. The molecule has 0 atom stereocenters. The minimum absolute atomic E-state index is 0.0943. The van der Waals surface area contributed by atoms with Crippen LogP contribution in [0.15, 0.2) is 48.7 Å². The van der Waals surface area contributed by atoms with Gasteiger partial charge in [0.15, 0.2) is 22.3 Å². The van der Waals surface area contributed by atoms with E-state index in [-0.39, 0.29) is 22.7 Å². The Morgan fingerprint density at radius 1 is 1.12 bits per heavy atom. The average molecular weight is 481 g/mol. The van der Waals surface area contributed by atoms with Gasteiger partial charge in [-0.1, -0.05) is 29.5 Å². The van der Waals surface area contributed by atoms with Crippen molar-refractivity contribution in [3.63, 3.8) is 0 Å². The number of para-hydroxylation sites is 1. The number of nitrogens with zero attached hydrogens (tertiary/aromatic N) is 4. The number of thiazole rings is 1. The largest absolute Gasteiger partial charge is 0.586 e. The van der Waals surface area contributed by atoms with E-state index < -0.39 is 6.29 Å². The van der Waals surface area contributed by atoms with Gasteiger partial charge in [-0.15, -0.1) is 8.78 Å². The fourth-order valence-corrected chi connectivity index (χ4v) is 4.47. The van der Waals surface area contributed by atoms with Gasteiger partial charge < -0.3 is 25.0 Å². The van der Waals surface area contributed by atoms with Crippen LogP contribution in [0.3, 0.4) is 0 Å². The fourth-order valence-electron chi connectivity index (χ4n) is 3.52. The Bertz CT molecular complexity index is 1420. The Morgan fingerprint density at radius 3 is 2.65 bits per heavy atom. The van der Waals surface area contributed by atoms with Crippen molar-refractivity contribution in [3.05, 3.63) is 59.8 Å². The maximum Gasteiger partial charge on any atom is 0.586 e. The first-order valence-electron chi connectivity index (χ1n) is 10.2. The zero-order valence-electron chi connectivity index (χ0n) is 18.1. The molecule has 0 bridgehead atoms. The molecule has 0 aliphatic carbocycles. The number of rotatable bonds is 6. The van der Waals surface area contributed by atoms with Gasteiger partial charge in [0.25, 0.3) is 0 Å². The van der Waals surface area contributed by atoms with E-state index in [1.54, 1.807) is 12.1 Å². The number of anilines is 4. The van der Waals surface area contributed by atoms with E-state index in [4.69, 9.17) is 0 Å². The van der Waals surface area contributed by atoms with Crippen LogP contribution in [0.25, 0.3) is 10.3 Å². The van der Waals surface area contributed by atoms with Gasteiger partial charge in [0.1, 0.15) is 10.8 Å². The highest BCUT2D eigenvalue weighted by Crippen LogP contribution is 2.47. The van der Waals surface area contributed by atoms with Gasteiger partial charge in [0, 0.05) is 18.4 Å². The molecule has 8 nitrogen and oxygen atoms in total. The molecule has 2 aromatic carbocycles. The standard InChI is InChI=1S/C23H18F2N6O2S/c1-31(2)12-13-6-8-15(9-7-13)28-22-30-21-20(34-22)18(14(10-26)11-27-21)29-16-4-3-5-17-19(16)33-23(24,25)32-17/h3-9,11H,12H2,1-2H3,(H2,27,28,29,30). The highest BCUT2D eigenvalue weighted by molar-refractivity contribution is 7.22. The van der Waals surface area contributed by atoms with Crippen LogP contribution in [0.2, 0.25) is 0 Å². The van der Waals surface area contributed by atoms with Gasteiger partial charge >= 0.3 is 6.29 Å². The Labute approximate surface area is 197 Å². The predicted molar refractivity (Wildman–Crippen MR) is 125 cm³/mol. The van der Waals surface area contributed by atoms with E-state index >= 15 is 0 Å². The zero-order chi connectivity index (χ0) is 23.9. The van der Waals surface area contributed by atoms with Gasteiger partial charge in [0.2, 0.25) is 0 Å². The van der Waals surface area contributed by atoms with E-state index in [1.807, 2.05) is 38.4 Å². The number of nitrogens with one attached hydrogen (secondary N) is 2. The van der Waals surface area contributed by atoms with E-state index in [9.17, 15) is 14.0 Å². The minimum atomic E-state index is -3.75. The number of alkyl halides is 2.